The van der Waals surface area contributed by atoms with Gasteiger partial charge in [-0.3, -0.25) is 0 Å². The number of nitrogens with one attached hydrogen (secondary N) is 1. The number of benzene rings is 2. The van der Waals surface area contributed by atoms with Crippen LogP contribution in [0.1, 0.15) is 18.1 Å². The van der Waals surface area contributed by atoms with Gasteiger partial charge in [-0.2, -0.15) is 5.48 Å². The minimum absolute atomic E-state index is 0.162. The van der Waals surface area contributed by atoms with Crippen molar-refractivity contribution in [2.45, 2.75) is 13.5 Å². The van der Waals surface area contributed by atoms with Crippen LogP contribution < -0.4 is 10.3 Å². The van der Waals surface area contributed by atoms with E-state index in [2.05, 4.69) is 9.89 Å². The van der Waals surface area contributed by atoms with Gasteiger partial charge in [-0.25, -0.2) is 13.6 Å². The van der Waals surface area contributed by atoms with Crippen LogP contribution in [0.15, 0.2) is 41.6 Å². The zero-order chi connectivity index (χ0) is 19.1. The smallest absolute Gasteiger partial charge is 0.440 e. The largest absolute Gasteiger partial charge is 0.451 e. The third-order valence-electron chi connectivity index (χ3n) is 3.22. The average molecular weight is 385 g/mol. The number of hydrogen-bond donors (Lipinski definition) is 1. The summed E-state index contributed by atoms with van der Waals surface area (Å²) < 4.78 is 30.8. The van der Waals surface area contributed by atoms with Crippen molar-refractivity contribution in [1.29, 1.82) is 0 Å². The van der Waals surface area contributed by atoms with Crippen LogP contribution in [-0.4, -0.2) is 18.9 Å². The first-order valence-corrected chi connectivity index (χ1v) is 7.69. The van der Waals surface area contributed by atoms with Crippen LogP contribution in [0.25, 0.3) is 0 Å². The Morgan fingerprint density at radius 2 is 2.00 bits per heavy atom. The Balaban J connectivity index is 2.04. The first kappa shape index (κ1) is 19.5. The molecule has 0 radical (unpaired) electrons. The average Bonchev–Trinajstić information content (AvgIpc) is 2.62. The van der Waals surface area contributed by atoms with Crippen molar-refractivity contribution >= 4 is 23.4 Å². The second-order valence-corrected chi connectivity index (χ2v) is 5.43. The van der Waals surface area contributed by atoms with Crippen molar-refractivity contribution in [1.82, 2.24) is 5.48 Å². The van der Waals surface area contributed by atoms with Gasteiger partial charge in [0.05, 0.1) is 17.8 Å². The quantitative estimate of drug-likeness (QED) is 0.598. The molecule has 2 aromatic carbocycles. The lowest BCUT2D eigenvalue weighted by Gasteiger charge is -2.09. The molecule has 2 aromatic rings. The number of hydroxylamine groups is 1. The molecule has 9 heteroatoms. The van der Waals surface area contributed by atoms with E-state index < -0.39 is 17.7 Å². The molecule has 0 aromatic heterocycles. The summed E-state index contributed by atoms with van der Waals surface area (Å²) >= 11 is 5.98. The van der Waals surface area contributed by atoms with E-state index in [0.29, 0.717) is 11.3 Å². The predicted octanol–water partition coefficient (Wildman–Crippen LogP) is 4.21. The summed E-state index contributed by atoms with van der Waals surface area (Å²) in [6.07, 6.45) is -0.790. The van der Waals surface area contributed by atoms with E-state index in [4.69, 9.17) is 21.3 Å². The molecule has 0 fully saturated rings. The molecule has 0 atom stereocenters. The fraction of sp³-hybridized carbons (Fsp3) is 0.176. The van der Waals surface area contributed by atoms with Crippen LogP contribution in [-0.2, 0) is 16.2 Å². The Morgan fingerprint density at radius 3 is 2.69 bits per heavy atom. The van der Waals surface area contributed by atoms with Gasteiger partial charge >= 0.3 is 6.09 Å². The highest BCUT2D eigenvalue weighted by Crippen LogP contribution is 2.25. The number of carbonyl (C=O) groups is 1. The minimum atomic E-state index is -0.790. The summed E-state index contributed by atoms with van der Waals surface area (Å²) in [5, 5.41) is 4.14. The van der Waals surface area contributed by atoms with Gasteiger partial charge in [-0.15, -0.1) is 0 Å². The number of nitrogens with zero attached hydrogens (tertiary/aromatic N) is 1. The molecule has 0 unspecified atom stereocenters. The molecule has 0 bridgehead atoms. The monoisotopic (exact) mass is 384 g/mol. The van der Waals surface area contributed by atoms with Gasteiger partial charge in [0.1, 0.15) is 18.2 Å². The summed E-state index contributed by atoms with van der Waals surface area (Å²) in [5.74, 6) is -1.21. The minimum Gasteiger partial charge on any atom is -0.451 e. The highest BCUT2D eigenvalue weighted by atomic mass is 35.5. The summed E-state index contributed by atoms with van der Waals surface area (Å²) in [6.45, 7) is 1.49. The van der Waals surface area contributed by atoms with Gasteiger partial charge < -0.3 is 14.4 Å². The Labute approximate surface area is 153 Å². The van der Waals surface area contributed by atoms with E-state index in [-0.39, 0.29) is 22.9 Å². The Kier molecular flexibility index (Phi) is 6.74. The molecule has 0 aliphatic heterocycles. The number of halogens is 3. The second kappa shape index (κ2) is 9.00. The third-order valence-corrected chi connectivity index (χ3v) is 3.53. The SMILES string of the molecule is COC(=O)NOc1cc(/C(C)=N/OCc2ccc(F)cc2F)ccc1Cl. The van der Waals surface area contributed by atoms with E-state index in [1.165, 1.54) is 19.2 Å². The predicted molar refractivity (Wildman–Crippen MR) is 91.0 cm³/mol. The number of ether oxygens (including phenoxy) is 1. The van der Waals surface area contributed by atoms with Crippen molar-refractivity contribution in [3.05, 3.63) is 64.2 Å². The van der Waals surface area contributed by atoms with Crippen LogP contribution in [0.2, 0.25) is 5.02 Å². The number of carbonyl (C=O) groups excluding carboxylic acids is 1. The molecule has 0 spiro atoms. The third kappa shape index (κ3) is 5.32. The van der Waals surface area contributed by atoms with E-state index in [9.17, 15) is 13.6 Å². The molecule has 1 N–H and O–H groups in total. The highest BCUT2D eigenvalue weighted by Gasteiger charge is 2.09. The molecule has 0 aliphatic carbocycles. The standard InChI is InChI=1S/C17H15ClF2N2O4/c1-10(21-25-9-12-3-5-13(19)8-15(12)20)11-4-6-14(18)16(7-11)26-22-17(23)24-2/h3-8H,9H2,1-2H3,(H,22,23)/b21-10+. The second-order valence-electron chi connectivity index (χ2n) is 5.03. The first-order chi connectivity index (χ1) is 12.4. The maximum absolute atomic E-state index is 13.5. The first-order valence-electron chi connectivity index (χ1n) is 7.32. The zero-order valence-electron chi connectivity index (χ0n) is 13.9. The van der Waals surface area contributed by atoms with Gasteiger partial charge in [0.15, 0.2) is 5.75 Å². The molecule has 0 aliphatic rings. The van der Waals surface area contributed by atoms with E-state index in [1.807, 2.05) is 5.48 Å². The lowest BCUT2D eigenvalue weighted by molar-refractivity contribution is 0.118. The molecular formula is C17H15ClF2N2O4. The molecule has 1 amide bonds. The fourth-order valence-electron chi connectivity index (χ4n) is 1.84. The number of hydrogen-bond acceptors (Lipinski definition) is 5. The van der Waals surface area contributed by atoms with Crippen LogP contribution in [0.4, 0.5) is 13.6 Å². The summed E-state index contributed by atoms with van der Waals surface area (Å²) in [7, 11) is 1.19. The lowest BCUT2D eigenvalue weighted by atomic mass is 10.1. The molecule has 0 saturated carbocycles. The van der Waals surface area contributed by atoms with E-state index in [1.54, 1.807) is 19.1 Å². The van der Waals surface area contributed by atoms with Crippen LogP contribution in [0.3, 0.4) is 0 Å². The summed E-state index contributed by atoms with van der Waals surface area (Å²) in [4.78, 5) is 21.2. The van der Waals surface area contributed by atoms with Crippen molar-refractivity contribution in [3.63, 3.8) is 0 Å². The normalized spacial score (nSPS) is 11.0. The van der Waals surface area contributed by atoms with Crippen LogP contribution in [0.5, 0.6) is 5.75 Å². The van der Waals surface area contributed by atoms with Gasteiger partial charge in [0, 0.05) is 17.2 Å². The number of oxime groups is 1. The summed E-state index contributed by atoms with van der Waals surface area (Å²) in [6, 6.07) is 7.92. The summed E-state index contributed by atoms with van der Waals surface area (Å²) in [5.41, 5.74) is 3.26. The number of methoxy groups -OCH3 is 1. The van der Waals surface area contributed by atoms with Crippen molar-refractivity contribution in [2.24, 2.45) is 5.16 Å². The maximum atomic E-state index is 13.5. The lowest BCUT2D eigenvalue weighted by Crippen LogP contribution is -2.26. The van der Waals surface area contributed by atoms with Crippen LogP contribution >= 0.6 is 11.6 Å². The highest BCUT2D eigenvalue weighted by molar-refractivity contribution is 6.32. The van der Waals surface area contributed by atoms with Gasteiger partial charge in [0.2, 0.25) is 0 Å². The van der Waals surface area contributed by atoms with Crippen molar-refractivity contribution < 1.29 is 28.0 Å². The van der Waals surface area contributed by atoms with Gasteiger partial charge in [-0.1, -0.05) is 22.8 Å². The van der Waals surface area contributed by atoms with E-state index >= 15 is 0 Å². The molecule has 26 heavy (non-hydrogen) atoms. The van der Waals surface area contributed by atoms with Crippen LogP contribution in [0, 0.1) is 11.6 Å². The molecular weight excluding hydrogens is 370 g/mol. The topological polar surface area (TPSA) is 69.2 Å². The van der Waals surface area contributed by atoms with E-state index in [0.717, 1.165) is 12.1 Å². The molecule has 0 saturated heterocycles. The zero-order valence-corrected chi connectivity index (χ0v) is 14.6. The number of rotatable bonds is 6. The molecule has 2 rings (SSSR count). The Bertz CT molecular complexity index is 830. The van der Waals surface area contributed by atoms with Crippen molar-refractivity contribution in [3.8, 4) is 5.75 Å². The van der Waals surface area contributed by atoms with Crippen molar-refractivity contribution in [2.75, 3.05) is 7.11 Å². The Morgan fingerprint density at radius 1 is 1.23 bits per heavy atom. The molecule has 138 valence electrons. The fourth-order valence-corrected chi connectivity index (χ4v) is 1.99. The van der Waals surface area contributed by atoms with Gasteiger partial charge in [0.25, 0.3) is 0 Å². The maximum Gasteiger partial charge on any atom is 0.440 e. The Hall–Kier alpha value is -2.87. The van der Waals surface area contributed by atoms with Gasteiger partial charge in [-0.05, 0) is 31.2 Å². The molecule has 0 heterocycles. The number of amides is 1. The molecule has 6 nitrogen and oxygen atoms in total.